The lowest BCUT2D eigenvalue weighted by atomic mass is 10.0. The van der Waals surface area contributed by atoms with Crippen LogP contribution in [-0.4, -0.2) is 41.4 Å². The van der Waals surface area contributed by atoms with Gasteiger partial charge in [0.25, 0.3) is 0 Å². The molecule has 0 aliphatic heterocycles. The van der Waals surface area contributed by atoms with E-state index < -0.39 is 17.7 Å². The predicted octanol–water partition coefficient (Wildman–Crippen LogP) is 2.65. The van der Waals surface area contributed by atoms with Crippen LogP contribution in [-0.2, 0) is 16.0 Å². The van der Waals surface area contributed by atoms with Crippen molar-refractivity contribution in [2.75, 3.05) is 6.61 Å². The zero-order valence-corrected chi connectivity index (χ0v) is 16.4. The second-order valence-corrected chi connectivity index (χ2v) is 7.91. The van der Waals surface area contributed by atoms with Gasteiger partial charge in [-0.2, -0.15) is 0 Å². The third-order valence-corrected chi connectivity index (χ3v) is 3.61. The molecule has 26 heavy (non-hydrogen) atoms. The van der Waals surface area contributed by atoms with Gasteiger partial charge in [-0.05, 0) is 38.7 Å². The summed E-state index contributed by atoms with van der Waals surface area (Å²) in [5.74, 6) is -0.00162. The van der Waals surface area contributed by atoms with Crippen LogP contribution in [0.1, 0.15) is 46.6 Å². The number of ether oxygens (including phenoxy) is 1. The summed E-state index contributed by atoms with van der Waals surface area (Å²) in [6.07, 6.45) is 0.358. The van der Waals surface area contributed by atoms with Gasteiger partial charge in [-0.3, -0.25) is 4.79 Å². The van der Waals surface area contributed by atoms with Crippen molar-refractivity contribution in [3.05, 3.63) is 35.9 Å². The smallest absolute Gasteiger partial charge is 0.408 e. The first-order chi connectivity index (χ1) is 12.1. The molecule has 0 spiro atoms. The molecule has 3 N–H and O–H groups in total. The maximum Gasteiger partial charge on any atom is 0.408 e. The molecule has 0 aliphatic rings. The summed E-state index contributed by atoms with van der Waals surface area (Å²) in [5, 5.41) is 15.0. The topological polar surface area (TPSA) is 87.7 Å². The Hall–Kier alpha value is -2.08. The number of carbonyl (C=O) groups excluding carboxylic acids is 2. The van der Waals surface area contributed by atoms with Gasteiger partial charge in [0.05, 0.1) is 12.6 Å². The summed E-state index contributed by atoms with van der Waals surface area (Å²) in [4.78, 5) is 24.8. The van der Waals surface area contributed by atoms with Crippen molar-refractivity contribution in [1.82, 2.24) is 10.6 Å². The highest BCUT2D eigenvalue weighted by Crippen LogP contribution is 2.10. The molecular formula is C20H32N2O4. The van der Waals surface area contributed by atoms with Gasteiger partial charge in [0.15, 0.2) is 0 Å². The zero-order valence-electron chi connectivity index (χ0n) is 16.4. The number of benzene rings is 1. The number of hydrogen-bond acceptors (Lipinski definition) is 4. The Kier molecular flexibility index (Phi) is 8.58. The Morgan fingerprint density at radius 3 is 2.23 bits per heavy atom. The maximum absolute atomic E-state index is 12.7. The van der Waals surface area contributed by atoms with Crippen LogP contribution in [0.25, 0.3) is 0 Å². The normalized spacial score (nSPS) is 13.8. The SMILES string of the molecule is CC(C)C[C@@H](CO)NC(=O)[C@H](Cc1ccccc1)NC(=O)OC(C)(C)C. The van der Waals surface area contributed by atoms with Crippen molar-refractivity contribution >= 4 is 12.0 Å². The monoisotopic (exact) mass is 364 g/mol. The van der Waals surface area contributed by atoms with Crippen LogP contribution in [0.5, 0.6) is 0 Å². The highest BCUT2D eigenvalue weighted by molar-refractivity contribution is 5.86. The van der Waals surface area contributed by atoms with E-state index in [9.17, 15) is 14.7 Å². The van der Waals surface area contributed by atoms with Crippen molar-refractivity contribution < 1.29 is 19.4 Å². The van der Waals surface area contributed by atoms with Crippen LogP contribution in [0.2, 0.25) is 0 Å². The lowest BCUT2D eigenvalue weighted by Crippen LogP contribution is -2.52. The van der Waals surface area contributed by atoms with Crippen LogP contribution in [0.3, 0.4) is 0 Å². The first kappa shape index (κ1) is 22.0. The van der Waals surface area contributed by atoms with E-state index in [1.165, 1.54) is 0 Å². The largest absolute Gasteiger partial charge is 0.444 e. The van der Waals surface area contributed by atoms with E-state index in [2.05, 4.69) is 10.6 Å². The molecule has 6 nitrogen and oxygen atoms in total. The summed E-state index contributed by atoms with van der Waals surface area (Å²) in [7, 11) is 0. The molecule has 0 unspecified atom stereocenters. The maximum atomic E-state index is 12.7. The summed E-state index contributed by atoms with van der Waals surface area (Å²) in [6, 6.07) is 8.32. The molecule has 0 saturated carbocycles. The predicted molar refractivity (Wildman–Crippen MR) is 102 cm³/mol. The first-order valence-corrected chi connectivity index (χ1v) is 9.05. The van der Waals surface area contributed by atoms with E-state index in [1.807, 2.05) is 44.2 Å². The summed E-state index contributed by atoms with van der Waals surface area (Å²) >= 11 is 0. The van der Waals surface area contributed by atoms with Crippen LogP contribution in [0, 0.1) is 5.92 Å². The fourth-order valence-electron chi connectivity index (χ4n) is 2.56. The molecule has 0 aromatic heterocycles. The number of rotatable bonds is 8. The van der Waals surface area contributed by atoms with Gasteiger partial charge in [-0.1, -0.05) is 44.2 Å². The average molecular weight is 364 g/mol. The van der Waals surface area contributed by atoms with Gasteiger partial charge in [-0.25, -0.2) is 4.79 Å². The molecule has 2 amide bonds. The van der Waals surface area contributed by atoms with Crippen LogP contribution < -0.4 is 10.6 Å². The molecule has 1 aromatic rings. The van der Waals surface area contributed by atoms with Crippen LogP contribution >= 0.6 is 0 Å². The van der Waals surface area contributed by atoms with E-state index in [-0.39, 0.29) is 18.6 Å². The number of aliphatic hydroxyl groups excluding tert-OH is 1. The van der Waals surface area contributed by atoms with E-state index in [0.29, 0.717) is 18.8 Å². The van der Waals surface area contributed by atoms with Gasteiger partial charge in [-0.15, -0.1) is 0 Å². The Balaban J connectivity index is 2.84. The van der Waals surface area contributed by atoms with E-state index in [4.69, 9.17) is 4.74 Å². The van der Waals surface area contributed by atoms with E-state index in [1.54, 1.807) is 20.8 Å². The Labute approximate surface area is 156 Å². The summed E-state index contributed by atoms with van der Waals surface area (Å²) in [6.45, 7) is 9.20. The molecule has 2 atom stereocenters. The molecule has 0 radical (unpaired) electrons. The lowest BCUT2D eigenvalue weighted by Gasteiger charge is -2.25. The van der Waals surface area contributed by atoms with Crippen molar-refractivity contribution in [3.63, 3.8) is 0 Å². The first-order valence-electron chi connectivity index (χ1n) is 9.05. The lowest BCUT2D eigenvalue weighted by molar-refractivity contribution is -0.124. The molecule has 1 aromatic carbocycles. The molecule has 0 heterocycles. The number of alkyl carbamates (subject to hydrolysis) is 1. The fourth-order valence-corrected chi connectivity index (χ4v) is 2.56. The zero-order chi connectivity index (χ0) is 19.7. The van der Waals surface area contributed by atoms with Crippen LogP contribution in [0.4, 0.5) is 4.79 Å². The summed E-state index contributed by atoms with van der Waals surface area (Å²) < 4.78 is 5.27. The summed E-state index contributed by atoms with van der Waals surface area (Å²) in [5.41, 5.74) is 0.275. The number of amides is 2. The minimum Gasteiger partial charge on any atom is -0.444 e. The molecule has 1 rings (SSSR count). The standard InChI is InChI=1S/C20H32N2O4/c1-14(2)11-16(13-23)21-18(24)17(12-15-9-7-6-8-10-15)22-19(25)26-20(3,4)5/h6-10,14,16-17,23H,11-13H2,1-5H3,(H,21,24)(H,22,25)/t16-,17-/m0/s1. The highest BCUT2D eigenvalue weighted by Gasteiger charge is 2.26. The molecule has 146 valence electrons. The minimum absolute atomic E-state index is 0.144. The van der Waals surface area contributed by atoms with Crippen LogP contribution in [0.15, 0.2) is 30.3 Å². The van der Waals surface area contributed by atoms with Gasteiger partial charge in [0, 0.05) is 6.42 Å². The Bertz CT molecular complexity index is 567. The van der Waals surface area contributed by atoms with Crippen molar-refractivity contribution in [1.29, 1.82) is 0 Å². The molecule has 0 fully saturated rings. The highest BCUT2D eigenvalue weighted by atomic mass is 16.6. The quantitative estimate of drug-likeness (QED) is 0.662. The molecule has 0 aliphatic carbocycles. The van der Waals surface area contributed by atoms with E-state index >= 15 is 0 Å². The number of nitrogens with one attached hydrogen (secondary N) is 2. The second-order valence-electron chi connectivity index (χ2n) is 7.91. The number of hydrogen-bond donors (Lipinski definition) is 3. The Morgan fingerprint density at radius 1 is 1.12 bits per heavy atom. The molecule has 0 saturated heterocycles. The molecule has 0 bridgehead atoms. The number of aliphatic hydroxyl groups is 1. The number of carbonyl (C=O) groups is 2. The minimum atomic E-state index is -0.784. The van der Waals surface area contributed by atoms with Gasteiger partial charge >= 0.3 is 6.09 Å². The van der Waals surface area contributed by atoms with Gasteiger partial charge < -0.3 is 20.5 Å². The molecule has 6 heteroatoms. The Morgan fingerprint density at radius 2 is 1.73 bits per heavy atom. The third-order valence-electron chi connectivity index (χ3n) is 3.61. The average Bonchev–Trinajstić information content (AvgIpc) is 2.52. The fraction of sp³-hybridized carbons (Fsp3) is 0.600. The van der Waals surface area contributed by atoms with Gasteiger partial charge in [0.1, 0.15) is 11.6 Å². The molecular weight excluding hydrogens is 332 g/mol. The third kappa shape index (κ3) is 8.85. The van der Waals surface area contributed by atoms with Gasteiger partial charge in [0.2, 0.25) is 5.91 Å². The van der Waals surface area contributed by atoms with Crippen molar-refractivity contribution in [2.45, 2.75) is 65.1 Å². The second kappa shape index (κ2) is 10.2. The van der Waals surface area contributed by atoms with Crippen molar-refractivity contribution in [3.8, 4) is 0 Å². The van der Waals surface area contributed by atoms with Crippen molar-refractivity contribution in [2.24, 2.45) is 5.92 Å². The van der Waals surface area contributed by atoms with E-state index in [0.717, 1.165) is 5.56 Å².